The van der Waals surface area contributed by atoms with Gasteiger partial charge in [0.25, 0.3) is 0 Å². The molecule has 0 aliphatic carbocycles. The summed E-state index contributed by atoms with van der Waals surface area (Å²) in [6, 6.07) is 4.09. The number of halogens is 1. The van der Waals surface area contributed by atoms with Crippen molar-refractivity contribution in [3.05, 3.63) is 21.9 Å². The molecule has 1 aromatic heterocycles. The predicted molar refractivity (Wildman–Crippen MR) is 75.7 cm³/mol. The Morgan fingerprint density at radius 3 is 2.65 bits per heavy atom. The number of carbonyl (C=O) groups excluding carboxylic acids is 1. The highest BCUT2D eigenvalue weighted by atomic mass is 35.5. The molecule has 1 heterocycles. The first-order chi connectivity index (χ1) is 7.45. The van der Waals surface area contributed by atoms with E-state index in [0.29, 0.717) is 13.0 Å². The molecule has 3 N–H and O–H groups in total. The van der Waals surface area contributed by atoms with Gasteiger partial charge >= 0.3 is 0 Å². The van der Waals surface area contributed by atoms with Crippen LogP contribution in [0.5, 0.6) is 0 Å². The fourth-order valence-corrected chi connectivity index (χ4v) is 2.41. The highest BCUT2D eigenvalue weighted by Crippen LogP contribution is 2.15. The molecule has 5 heteroatoms. The molecule has 1 rings (SSSR count). The third kappa shape index (κ3) is 5.06. The highest BCUT2D eigenvalue weighted by Gasteiger charge is 2.26. The van der Waals surface area contributed by atoms with E-state index in [1.165, 1.54) is 4.88 Å². The average molecular weight is 277 g/mol. The summed E-state index contributed by atoms with van der Waals surface area (Å²) in [5, 5.41) is 2.88. The zero-order valence-electron chi connectivity index (χ0n) is 10.6. The molecule has 0 aromatic carbocycles. The lowest BCUT2D eigenvalue weighted by atomic mass is 9.96. The lowest BCUT2D eigenvalue weighted by Gasteiger charge is -2.22. The minimum absolute atomic E-state index is 0. The number of aryl methyl sites for hydroxylation is 1. The van der Waals surface area contributed by atoms with Crippen LogP contribution in [0, 0.1) is 6.92 Å². The largest absolute Gasteiger partial charge is 0.350 e. The van der Waals surface area contributed by atoms with Crippen molar-refractivity contribution in [3.63, 3.8) is 0 Å². The average Bonchev–Trinajstić information content (AvgIpc) is 2.60. The first kappa shape index (κ1) is 16.4. The van der Waals surface area contributed by atoms with Gasteiger partial charge in [-0.25, -0.2) is 0 Å². The molecule has 1 atom stereocenters. The van der Waals surface area contributed by atoms with Gasteiger partial charge in [-0.3, -0.25) is 4.79 Å². The number of nitrogens with one attached hydrogen (secondary N) is 1. The third-order valence-electron chi connectivity index (χ3n) is 2.51. The molecule has 1 aromatic rings. The van der Waals surface area contributed by atoms with E-state index in [2.05, 4.69) is 18.3 Å². The van der Waals surface area contributed by atoms with Gasteiger partial charge in [0, 0.05) is 9.75 Å². The van der Waals surface area contributed by atoms with Crippen LogP contribution in [-0.4, -0.2) is 11.4 Å². The maximum atomic E-state index is 11.8. The van der Waals surface area contributed by atoms with E-state index in [1.807, 2.05) is 13.0 Å². The first-order valence-corrected chi connectivity index (χ1v) is 6.40. The Morgan fingerprint density at radius 2 is 2.18 bits per heavy atom. The summed E-state index contributed by atoms with van der Waals surface area (Å²) in [7, 11) is 0. The summed E-state index contributed by atoms with van der Waals surface area (Å²) in [5.74, 6) is -0.0691. The number of amides is 1. The van der Waals surface area contributed by atoms with Crippen molar-refractivity contribution in [3.8, 4) is 0 Å². The maximum absolute atomic E-state index is 11.8. The second-order valence-corrected chi connectivity index (χ2v) is 5.73. The van der Waals surface area contributed by atoms with Crippen molar-refractivity contribution in [2.75, 3.05) is 0 Å². The van der Waals surface area contributed by atoms with Crippen LogP contribution < -0.4 is 11.1 Å². The topological polar surface area (TPSA) is 55.1 Å². The fraction of sp³-hybridized carbons (Fsp3) is 0.583. The van der Waals surface area contributed by atoms with Gasteiger partial charge in [-0.1, -0.05) is 13.3 Å². The van der Waals surface area contributed by atoms with Crippen LogP contribution in [0.25, 0.3) is 0 Å². The second kappa shape index (κ2) is 6.99. The number of nitrogens with two attached hydrogens (primary N) is 1. The molecular formula is C12H21ClN2OS. The second-order valence-electron chi connectivity index (χ2n) is 4.36. The molecule has 0 bridgehead atoms. The highest BCUT2D eigenvalue weighted by molar-refractivity contribution is 7.11. The van der Waals surface area contributed by atoms with Crippen molar-refractivity contribution < 1.29 is 4.79 Å². The van der Waals surface area contributed by atoms with Crippen LogP contribution in [0.1, 0.15) is 36.4 Å². The van der Waals surface area contributed by atoms with Crippen molar-refractivity contribution in [2.45, 2.75) is 45.7 Å². The van der Waals surface area contributed by atoms with Crippen molar-refractivity contribution in [1.29, 1.82) is 0 Å². The van der Waals surface area contributed by atoms with Gasteiger partial charge in [-0.2, -0.15) is 0 Å². The number of carbonyl (C=O) groups is 1. The van der Waals surface area contributed by atoms with E-state index in [9.17, 15) is 4.79 Å². The SMILES string of the molecule is CCCC(C)(N)C(=O)NCc1ccc(C)s1.Cl. The summed E-state index contributed by atoms with van der Waals surface area (Å²) in [6.07, 6.45) is 1.63. The van der Waals surface area contributed by atoms with Gasteiger partial charge in [-0.15, -0.1) is 23.7 Å². The van der Waals surface area contributed by atoms with E-state index in [4.69, 9.17) is 5.73 Å². The van der Waals surface area contributed by atoms with Crippen molar-refractivity contribution in [2.24, 2.45) is 5.73 Å². The molecule has 0 saturated carbocycles. The zero-order chi connectivity index (χ0) is 12.2. The minimum atomic E-state index is -0.749. The molecule has 0 saturated heterocycles. The Balaban J connectivity index is 0.00000256. The van der Waals surface area contributed by atoms with E-state index in [-0.39, 0.29) is 18.3 Å². The van der Waals surface area contributed by atoms with Crippen LogP contribution in [0.15, 0.2) is 12.1 Å². The number of hydrogen-bond acceptors (Lipinski definition) is 3. The lowest BCUT2D eigenvalue weighted by molar-refractivity contribution is -0.126. The van der Waals surface area contributed by atoms with E-state index < -0.39 is 5.54 Å². The van der Waals surface area contributed by atoms with Gasteiger partial charge < -0.3 is 11.1 Å². The normalized spacial score (nSPS) is 13.6. The minimum Gasteiger partial charge on any atom is -0.350 e. The third-order valence-corrected chi connectivity index (χ3v) is 3.51. The molecular weight excluding hydrogens is 256 g/mol. The molecule has 0 fully saturated rings. The quantitative estimate of drug-likeness (QED) is 0.869. The molecule has 1 unspecified atom stereocenters. The molecule has 0 spiro atoms. The Morgan fingerprint density at radius 1 is 1.53 bits per heavy atom. The van der Waals surface area contributed by atoms with Crippen LogP contribution in [0.4, 0.5) is 0 Å². The molecule has 17 heavy (non-hydrogen) atoms. The van der Waals surface area contributed by atoms with Crippen LogP contribution in [-0.2, 0) is 11.3 Å². The molecule has 0 aliphatic rings. The van der Waals surface area contributed by atoms with Gasteiger partial charge in [0.15, 0.2) is 0 Å². The lowest BCUT2D eigenvalue weighted by Crippen LogP contribution is -2.51. The molecule has 98 valence electrons. The van der Waals surface area contributed by atoms with Crippen molar-refractivity contribution in [1.82, 2.24) is 5.32 Å². The molecule has 1 amide bonds. The first-order valence-electron chi connectivity index (χ1n) is 5.58. The van der Waals surface area contributed by atoms with Gasteiger partial charge in [-0.05, 0) is 32.4 Å². The Hall–Kier alpha value is -0.580. The smallest absolute Gasteiger partial charge is 0.240 e. The van der Waals surface area contributed by atoms with Gasteiger partial charge in [0.1, 0.15) is 0 Å². The summed E-state index contributed by atoms with van der Waals surface area (Å²) in [5.41, 5.74) is 5.18. The van der Waals surface area contributed by atoms with E-state index in [1.54, 1.807) is 18.3 Å². The number of rotatable bonds is 5. The zero-order valence-corrected chi connectivity index (χ0v) is 12.2. The van der Waals surface area contributed by atoms with Gasteiger partial charge in [0.2, 0.25) is 5.91 Å². The van der Waals surface area contributed by atoms with E-state index >= 15 is 0 Å². The monoisotopic (exact) mass is 276 g/mol. The summed E-state index contributed by atoms with van der Waals surface area (Å²) in [4.78, 5) is 14.2. The summed E-state index contributed by atoms with van der Waals surface area (Å²) >= 11 is 1.70. The number of hydrogen-bond donors (Lipinski definition) is 2. The standard InChI is InChI=1S/C12H20N2OS.ClH/c1-4-7-12(3,13)11(15)14-8-10-6-5-9(2)16-10;/h5-6H,4,7-8,13H2,1-3H3,(H,14,15);1H. The van der Waals surface area contributed by atoms with Crippen LogP contribution in [0.2, 0.25) is 0 Å². The fourth-order valence-electron chi connectivity index (χ4n) is 1.58. The van der Waals surface area contributed by atoms with Crippen LogP contribution >= 0.6 is 23.7 Å². The number of thiophene rings is 1. The summed E-state index contributed by atoms with van der Waals surface area (Å²) in [6.45, 7) is 6.44. The van der Waals surface area contributed by atoms with E-state index in [0.717, 1.165) is 11.3 Å². The Labute approximate surface area is 113 Å². The maximum Gasteiger partial charge on any atom is 0.240 e. The van der Waals surface area contributed by atoms with Crippen molar-refractivity contribution >= 4 is 29.7 Å². The molecule has 3 nitrogen and oxygen atoms in total. The van der Waals surface area contributed by atoms with Crippen LogP contribution in [0.3, 0.4) is 0 Å². The van der Waals surface area contributed by atoms with Gasteiger partial charge in [0.05, 0.1) is 12.1 Å². The summed E-state index contributed by atoms with van der Waals surface area (Å²) < 4.78 is 0. The Bertz CT molecular complexity index is 363. The predicted octanol–water partition coefficient (Wildman–Crippen LogP) is 2.61. The Kier molecular flexibility index (Phi) is 6.75. The molecule has 0 aliphatic heterocycles. The molecule has 0 radical (unpaired) electrons.